The predicted octanol–water partition coefficient (Wildman–Crippen LogP) is 4.10. The van der Waals surface area contributed by atoms with Crippen molar-refractivity contribution in [2.75, 3.05) is 5.73 Å². The van der Waals surface area contributed by atoms with Crippen LogP contribution in [0.2, 0.25) is 5.02 Å². The normalized spacial score (nSPS) is 12.4. The smallest absolute Gasteiger partial charge is 0.124 e. The molecule has 0 amide bonds. The number of anilines is 1. The summed E-state index contributed by atoms with van der Waals surface area (Å²) in [6.07, 6.45) is -0.514. The molecule has 0 bridgehead atoms. The SMILES string of the molecule is Nc1ccc(Br)cc1C(O)Cc1ccc(F)cc1Cl. The molecule has 19 heavy (non-hydrogen) atoms. The van der Waals surface area contributed by atoms with Gasteiger partial charge in [-0.1, -0.05) is 33.6 Å². The van der Waals surface area contributed by atoms with Gasteiger partial charge in [0.2, 0.25) is 0 Å². The molecule has 0 spiro atoms. The highest BCUT2D eigenvalue weighted by atomic mass is 79.9. The minimum atomic E-state index is -0.791. The second-order valence-corrected chi connectivity index (χ2v) is 5.55. The zero-order valence-electron chi connectivity index (χ0n) is 9.91. The lowest BCUT2D eigenvalue weighted by Gasteiger charge is -2.15. The van der Waals surface area contributed by atoms with Crippen molar-refractivity contribution in [3.05, 3.63) is 62.8 Å². The van der Waals surface area contributed by atoms with Crippen molar-refractivity contribution in [3.63, 3.8) is 0 Å². The number of benzene rings is 2. The molecular formula is C14H12BrClFNO. The van der Waals surface area contributed by atoms with Crippen LogP contribution < -0.4 is 5.73 Å². The largest absolute Gasteiger partial charge is 0.398 e. The highest BCUT2D eigenvalue weighted by Gasteiger charge is 2.14. The summed E-state index contributed by atoms with van der Waals surface area (Å²) in [7, 11) is 0. The van der Waals surface area contributed by atoms with Gasteiger partial charge < -0.3 is 10.8 Å². The van der Waals surface area contributed by atoms with E-state index in [1.54, 1.807) is 24.3 Å². The molecule has 0 fully saturated rings. The van der Waals surface area contributed by atoms with E-state index in [1.807, 2.05) is 0 Å². The number of hydrogen-bond donors (Lipinski definition) is 2. The number of rotatable bonds is 3. The summed E-state index contributed by atoms with van der Waals surface area (Å²) < 4.78 is 13.8. The van der Waals surface area contributed by atoms with Gasteiger partial charge in [-0.3, -0.25) is 0 Å². The van der Waals surface area contributed by atoms with Crippen molar-refractivity contribution >= 4 is 33.2 Å². The minimum absolute atomic E-state index is 0.278. The first-order valence-electron chi connectivity index (χ1n) is 5.64. The molecule has 1 atom stereocenters. The summed E-state index contributed by atoms with van der Waals surface area (Å²) in [5, 5.41) is 10.5. The monoisotopic (exact) mass is 343 g/mol. The Balaban J connectivity index is 2.25. The average Bonchev–Trinajstić information content (AvgIpc) is 2.35. The van der Waals surface area contributed by atoms with Gasteiger partial charge in [-0.15, -0.1) is 0 Å². The van der Waals surface area contributed by atoms with Crippen molar-refractivity contribution in [1.82, 2.24) is 0 Å². The summed E-state index contributed by atoms with van der Waals surface area (Å²) in [4.78, 5) is 0. The van der Waals surface area contributed by atoms with Gasteiger partial charge in [0.05, 0.1) is 6.10 Å². The van der Waals surface area contributed by atoms with Gasteiger partial charge in [-0.2, -0.15) is 0 Å². The van der Waals surface area contributed by atoms with Crippen molar-refractivity contribution in [3.8, 4) is 0 Å². The summed E-state index contributed by atoms with van der Waals surface area (Å²) in [6.45, 7) is 0. The molecule has 2 aromatic carbocycles. The molecule has 0 radical (unpaired) electrons. The Kier molecular flexibility index (Phi) is 4.45. The Labute approximate surface area is 124 Å². The van der Waals surface area contributed by atoms with Gasteiger partial charge >= 0.3 is 0 Å². The van der Waals surface area contributed by atoms with Gasteiger partial charge in [0.1, 0.15) is 5.82 Å². The van der Waals surface area contributed by atoms with Crippen LogP contribution in [0.15, 0.2) is 40.9 Å². The molecule has 100 valence electrons. The van der Waals surface area contributed by atoms with Crippen LogP contribution in [0.1, 0.15) is 17.2 Å². The van der Waals surface area contributed by atoms with E-state index in [1.165, 1.54) is 12.1 Å². The molecule has 5 heteroatoms. The number of nitrogens with two attached hydrogens (primary N) is 1. The first-order chi connectivity index (χ1) is 8.97. The number of aliphatic hydroxyl groups excluding tert-OH is 1. The van der Waals surface area contributed by atoms with Gasteiger partial charge in [-0.25, -0.2) is 4.39 Å². The van der Waals surface area contributed by atoms with Crippen molar-refractivity contribution < 1.29 is 9.50 Å². The van der Waals surface area contributed by atoms with Crippen LogP contribution in [0.25, 0.3) is 0 Å². The van der Waals surface area contributed by atoms with Crippen LogP contribution in [-0.2, 0) is 6.42 Å². The molecule has 0 saturated heterocycles. The molecule has 2 nitrogen and oxygen atoms in total. The molecule has 1 unspecified atom stereocenters. The molecule has 0 aliphatic carbocycles. The zero-order valence-corrected chi connectivity index (χ0v) is 12.2. The van der Waals surface area contributed by atoms with E-state index in [9.17, 15) is 9.50 Å². The minimum Gasteiger partial charge on any atom is -0.398 e. The molecule has 2 aromatic rings. The second-order valence-electron chi connectivity index (χ2n) is 4.23. The topological polar surface area (TPSA) is 46.2 Å². The maximum atomic E-state index is 13.0. The molecule has 0 heterocycles. The van der Waals surface area contributed by atoms with E-state index in [2.05, 4.69) is 15.9 Å². The van der Waals surface area contributed by atoms with Gasteiger partial charge in [0, 0.05) is 27.2 Å². The van der Waals surface area contributed by atoms with E-state index >= 15 is 0 Å². The fraction of sp³-hybridized carbons (Fsp3) is 0.143. The van der Waals surface area contributed by atoms with Crippen LogP contribution >= 0.6 is 27.5 Å². The van der Waals surface area contributed by atoms with E-state index in [0.29, 0.717) is 21.8 Å². The second kappa shape index (κ2) is 5.90. The quantitative estimate of drug-likeness (QED) is 0.824. The van der Waals surface area contributed by atoms with E-state index in [-0.39, 0.29) is 6.42 Å². The van der Waals surface area contributed by atoms with E-state index < -0.39 is 11.9 Å². The molecule has 2 rings (SSSR count). The Bertz CT molecular complexity index is 606. The lowest BCUT2D eigenvalue weighted by molar-refractivity contribution is 0.179. The number of nitrogen functional groups attached to an aromatic ring is 1. The van der Waals surface area contributed by atoms with Crippen molar-refractivity contribution in [2.24, 2.45) is 0 Å². The van der Waals surface area contributed by atoms with Crippen molar-refractivity contribution in [2.45, 2.75) is 12.5 Å². The third-order valence-corrected chi connectivity index (χ3v) is 3.68. The highest BCUT2D eigenvalue weighted by Crippen LogP contribution is 2.29. The molecule has 0 aliphatic rings. The Morgan fingerprint density at radius 3 is 2.68 bits per heavy atom. The maximum absolute atomic E-state index is 13.0. The molecule has 0 saturated carbocycles. The standard InChI is InChI=1S/C14H12BrClFNO/c15-9-2-4-13(18)11(6-9)14(19)5-8-1-3-10(17)7-12(8)16/h1-4,6-7,14,19H,5,18H2. The summed E-state index contributed by atoms with van der Waals surface area (Å²) in [5.41, 5.74) is 7.64. The zero-order chi connectivity index (χ0) is 14.0. The summed E-state index contributed by atoms with van der Waals surface area (Å²) >= 11 is 9.27. The fourth-order valence-corrected chi connectivity index (χ4v) is 2.46. The van der Waals surface area contributed by atoms with Gasteiger partial charge in [-0.05, 0) is 35.9 Å². The van der Waals surface area contributed by atoms with Crippen LogP contribution in [0.4, 0.5) is 10.1 Å². The first kappa shape index (κ1) is 14.3. The number of hydrogen-bond acceptors (Lipinski definition) is 2. The lowest BCUT2D eigenvalue weighted by atomic mass is 10.00. The summed E-state index contributed by atoms with van der Waals surface area (Å²) in [6, 6.07) is 9.39. The maximum Gasteiger partial charge on any atom is 0.124 e. The van der Waals surface area contributed by atoms with Crippen molar-refractivity contribution in [1.29, 1.82) is 0 Å². The van der Waals surface area contributed by atoms with Crippen LogP contribution in [0.3, 0.4) is 0 Å². The average molecular weight is 345 g/mol. The van der Waals surface area contributed by atoms with Gasteiger partial charge in [0.25, 0.3) is 0 Å². The molecule has 3 N–H and O–H groups in total. The third kappa shape index (κ3) is 3.47. The van der Waals surface area contributed by atoms with Gasteiger partial charge in [0.15, 0.2) is 0 Å². The Hall–Kier alpha value is -1.10. The molecular weight excluding hydrogens is 333 g/mol. The third-order valence-electron chi connectivity index (χ3n) is 2.84. The van der Waals surface area contributed by atoms with E-state index in [4.69, 9.17) is 17.3 Å². The predicted molar refractivity (Wildman–Crippen MR) is 78.6 cm³/mol. The highest BCUT2D eigenvalue weighted by molar-refractivity contribution is 9.10. The van der Waals surface area contributed by atoms with E-state index in [0.717, 1.165) is 4.47 Å². The van der Waals surface area contributed by atoms with Crippen LogP contribution in [-0.4, -0.2) is 5.11 Å². The first-order valence-corrected chi connectivity index (χ1v) is 6.81. The molecule has 0 aromatic heterocycles. The number of aliphatic hydroxyl groups is 1. The molecule has 0 aliphatic heterocycles. The Morgan fingerprint density at radius 1 is 1.26 bits per heavy atom. The number of halogens is 3. The lowest BCUT2D eigenvalue weighted by Crippen LogP contribution is -2.06. The van der Waals surface area contributed by atoms with Crippen LogP contribution in [0.5, 0.6) is 0 Å². The fourth-order valence-electron chi connectivity index (χ4n) is 1.84. The Morgan fingerprint density at radius 2 is 2.00 bits per heavy atom. The summed E-state index contributed by atoms with van der Waals surface area (Å²) in [5.74, 6) is -0.398. The van der Waals surface area contributed by atoms with Crippen LogP contribution in [0, 0.1) is 5.82 Å².